The third-order valence-electron chi connectivity index (χ3n) is 4.17. The van der Waals surface area contributed by atoms with E-state index in [1.165, 1.54) is 0 Å². The van der Waals surface area contributed by atoms with Crippen LogP contribution < -0.4 is 5.32 Å². The molecule has 20 heavy (non-hydrogen) atoms. The average molecular weight is 318 g/mol. The Hall–Kier alpha value is -0.176. The van der Waals surface area contributed by atoms with E-state index in [0.29, 0.717) is 6.61 Å². The van der Waals surface area contributed by atoms with Gasteiger partial charge in [0.1, 0.15) is 6.23 Å². The van der Waals surface area contributed by atoms with Gasteiger partial charge >= 0.3 is 0 Å². The van der Waals surface area contributed by atoms with E-state index in [4.69, 9.17) is 8.85 Å². The Labute approximate surface area is 125 Å². The molecule has 0 unspecified atom stereocenters. The summed E-state index contributed by atoms with van der Waals surface area (Å²) in [7, 11) is -3.33. The molecule has 2 atom stereocenters. The van der Waals surface area contributed by atoms with Crippen LogP contribution in [0.3, 0.4) is 0 Å². The van der Waals surface area contributed by atoms with Crippen molar-refractivity contribution in [2.75, 3.05) is 6.61 Å². The van der Waals surface area contributed by atoms with Gasteiger partial charge in [0.15, 0.2) is 16.6 Å². The normalized spacial score (nSPS) is 24.3. The first-order valence-corrected chi connectivity index (χ1v) is 13.8. The molecule has 0 aliphatic carbocycles. The van der Waals surface area contributed by atoms with Crippen molar-refractivity contribution in [2.24, 2.45) is 5.92 Å². The van der Waals surface area contributed by atoms with Crippen molar-refractivity contribution in [1.29, 1.82) is 0 Å². The molecule has 1 aliphatic heterocycles. The molecule has 0 radical (unpaired) electrons. The predicted molar refractivity (Wildman–Crippen MR) is 87.6 cm³/mol. The highest BCUT2D eigenvalue weighted by Gasteiger charge is 2.43. The number of rotatable bonds is 6. The molecular weight excluding hydrogens is 286 g/mol. The number of nitrogens with one attached hydrogen (secondary N) is 1. The first-order valence-electron chi connectivity index (χ1n) is 7.46. The Morgan fingerprint density at radius 1 is 1.15 bits per heavy atom. The van der Waals surface area contributed by atoms with Crippen molar-refractivity contribution in [3.05, 3.63) is 0 Å². The maximum atomic E-state index is 11.7. The Morgan fingerprint density at radius 3 is 2.10 bits per heavy atom. The van der Waals surface area contributed by atoms with Gasteiger partial charge in [-0.05, 0) is 44.2 Å². The minimum atomic E-state index is -1.72. The summed E-state index contributed by atoms with van der Waals surface area (Å²) in [5.74, 6) is 0.0681. The fraction of sp³-hybridized carbons (Fsp3) is 0.929. The molecule has 1 N–H and O–H groups in total. The van der Waals surface area contributed by atoms with Gasteiger partial charge in [0.25, 0.3) is 0 Å². The topological polar surface area (TPSA) is 47.6 Å². The molecule has 0 aromatic heterocycles. The highest BCUT2D eigenvalue weighted by molar-refractivity contribution is 6.74. The Bertz CT molecular complexity index is 358. The van der Waals surface area contributed by atoms with Crippen LogP contribution in [0.25, 0.3) is 0 Å². The lowest BCUT2D eigenvalue weighted by atomic mass is 9.96. The van der Waals surface area contributed by atoms with Crippen LogP contribution in [0.4, 0.5) is 0 Å². The molecule has 1 aliphatic rings. The van der Waals surface area contributed by atoms with E-state index >= 15 is 0 Å². The Kier molecular flexibility index (Phi) is 5.28. The molecule has 1 rings (SSSR count). The van der Waals surface area contributed by atoms with Gasteiger partial charge in [-0.2, -0.15) is 0 Å². The van der Waals surface area contributed by atoms with Crippen LogP contribution in [0.5, 0.6) is 0 Å². The van der Waals surface area contributed by atoms with E-state index in [2.05, 4.69) is 58.8 Å². The van der Waals surface area contributed by atoms with Crippen LogP contribution >= 0.6 is 0 Å². The SMILES string of the molecule is CC(C)(C)[Si](C)(C)OCC[C@H]1C(=O)N[C@@H]1O[Si](C)(C)C. The maximum Gasteiger partial charge on any atom is 0.229 e. The zero-order chi connectivity index (χ0) is 15.8. The monoisotopic (exact) mass is 317 g/mol. The van der Waals surface area contributed by atoms with Gasteiger partial charge in [0.05, 0.1) is 5.92 Å². The van der Waals surface area contributed by atoms with Crippen molar-refractivity contribution in [2.45, 2.75) is 71.2 Å². The highest BCUT2D eigenvalue weighted by Crippen LogP contribution is 2.37. The second-order valence-electron chi connectivity index (χ2n) is 8.16. The molecule has 6 heteroatoms. The summed E-state index contributed by atoms with van der Waals surface area (Å²) >= 11 is 0. The van der Waals surface area contributed by atoms with Gasteiger partial charge in [-0.3, -0.25) is 4.79 Å². The summed E-state index contributed by atoms with van der Waals surface area (Å²) in [5, 5.41) is 3.07. The molecule has 1 heterocycles. The van der Waals surface area contributed by atoms with Gasteiger partial charge in [-0.1, -0.05) is 20.8 Å². The summed E-state index contributed by atoms with van der Waals surface area (Å²) in [6.45, 7) is 18.2. The Morgan fingerprint density at radius 2 is 1.70 bits per heavy atom. The largest absolute Gasteiger partial charge is 0.417 e. The molecule has 0 saturated carbocycles. The van der Waals surface area contributed by atoms with Crippen LogP contribution in [0.1, 0.15) is 27.2 Å². The summed E-state index contributed by atoms with van der Waals surface area (Å²) in [5.41, 5.74) is 0. The number of carbonyl (C=O) groups excluding carboxylic acids is 1. The van der Waals surface area contributed by atoms with E-state index in [0.717, 1.165) is 6.42 Å². The number of hydrogen-bond donors (Lipinski definition) is 1. The van der Waals surface area contributed by atoms with E-state index < -0.39 is 16.6 Å². The molecule has 0 aromatic carbocycles. The molecular formula is C14H31NO3Si2. The molecule has 1 saturated heterocycles. The molecule has 0 bridgehead atoms. The zero-order valence-electron chi connectivity index (χ0n) is 14.3. The molecule has 1 fully saturated rings. The second kappa shape index (κ2) is 5.90. The van der Waals surface area contributed by atoms with Crippen molar-refractivity contribution in [1.82, 2.24) is 5.32 Å². The van der Waals surface area contributed by atoms with Crippen LogP contribution in [0, 0.1) is 5.92 Å². The van der Waals surface area contributed by atoms with Crippen molar-refractivity contribution >= 4 is 22.5 Å². The maximum absolute atomic E-state index is 11.7. The number of hydrogen-bond acceptors (Lipinski definition) is 3. The lowest BCUT2D eigenvalue weighted by molar-refractivity contribution is -0.145. The van der Waals surface area contributed by atoms with Crippen molar-refractivity contribution in [3.63, 3.8) is 0 Å². The fourth-order valence-corrected chi connectivity index (χ4v) is 3.87. The first kappa shape index (κ1) is 17.9. The lowest BCUT2D eigenvalue weighted by Crippen LogP contribution is -2.62. The van der Waals surface area contributed by atoms with Gasteiger partial charge in [-0.25, -0.2) is 0 Å². The molecule has 4 nitrogen and oxygen atoms in total. The van der Waals surface area contributed by atoms with Gasteiger partial charge in [0, 0.05) is 6.61 Å². The first-order chi connectivity index (χ1) is 8.83. The van der Waals surface area contributed by atoms with Crippen molar-refractivity contribution < 1.29 is 13.6 Å². The van der Waals surface area contributed by atoms with E-state index in [1.807, 2.05) is 0 Å². The van der Waals surface area contributed by atoms with Crippen LogP contribution in [0.15, 0.2) is 0 Å². The third-order valence-corrected chi connectivity index (χ3v) is 9.66. The molecule has 118 valence electrons. The molecule has 1 amide bonds. The van der Waals surface area contributed by atoms with Crippen LogP contribution in [-0.4, -0.2) is 35.4 Å². The van der Waals surface area contributed by atoms with Gasteiger partial charge < -0.3 is 14.2 Å². The minimum Gasteiger partial charge on any atom is -0.417 e. The summed E-state index contributed by atoms with van der Waals surface area (Å²) < 4.78 is 12.1. The lowest BCUT2D eigenvalue weighted by Gasteiger charge is -2.41. The summed E-state index contributed by atoms with van der Waals surface area (Å²) in [6.07, 6.45) is 0.658. The van der Waals surface area contributed by atoms with E-state index in [-0.39, 0.29) is 23.1 Å². The fourth-order valence-electron chi connectivity index (χ4n) is 1.82. The highest BCUT2D eigenvalue weighted by atomic mass is 28.4. The van der Waals surface area contributed by atoms with Crippen LogP contribution in [0.2, 0.25) is 37.8 Å². The number of amides is 1. The predicted octanol–water partition coefficient (Wildman–Crippen LogP) is 3.32. The van der Waals surface area contributed by atoms with E-state index in [1.54, 1.807) is 0 Å². The average Bonchev–Trinajstić information content (AvgIpc) is 2.20. The van der Waals surface area contributed by atoms with Crippen LogP contribution in [-0.2, 0) is 13.6 Å². The molecule has 0 spiro atoms. The Balaban J connectivity index is 2.43. The third kappa shape index (κ3) is 4.68. The second-order valence-corrected chi connectivity index (χ2v) is 17.4. The summed E-state index contributed by atoms with van der Waals surface area (Å²) in [4.78, 5) is 11.7. The number of carbonyl (C=O) groups is 1. The van der Waals surface area contributed by atoms with E-state index in [9.17, 15) is 4.79 Å². The van der Waals surface area contributed by atoms with Gasteiger partial charge in [-0.15, -0.1) is 0 Å². The standard InChI is InChI=1S/C14H31NO3Si2/c1-14(2,3)20(7,8)17-10-9-11-12(16)15-13(11)18-19(4,5)6/h11,13H,9-10H2,1-8H3,(H,15,16)/t11-,13+/m0/s1. The number of β-lactam (4-membered cyclic amide) rings is 1. The van der Waals surface area contributed by atoms with Crippen molar-refractivity contribution in [3.8, 4) is 0 Å². The quantitative estimate of drug-likeness (QED) is 0.604. The molecule has 0 aromatic rings. The zero-order valence-corrected chi connectivity index (χ0v) is 16.3. The minimum absolute atomic E-state index is 0.0357. The van der Waals surface area contributed by atoms with Gasteiger partial charge in [0.2, 0.25) is 5.91 Å². The smallest absolute Gasteiger partial charge is 0.229 e. The summed E-state index contributed by atoms with van der Waals surface area (Å²) in [6, 6.07) is 0.